The molecule has 0 saturated heterocycles. The SMILES string of the molecule is CCCCCCCCCCCCCCCCO[C@H](COCc1ccccc1)CO[P+]([O-])(O)OCC[n+]1ccc(N(C)C)cc1. The fourth-order valence-corrected chi connectivity index (χ4v) is 5.69. The molecule has 8 nitrogen and oxygen atoms in total. The van der Waals surface area contributed by atoms with Crippen LogP contribution < -0.4 is 14.4 Å². The Hall–Kier alpha value is -1.64. The van der Waals surface area contributed by atoms with Gasteiger partial charge in [0.25, 0.3) is 0 Å². The zero-order valence-corrected chi connectivity index (χ0v) is 28.6. The highest BCUT2D eigenvalue weighted by Crippen LogP contribution is 2.47. The number of benzene rings is 1. The summed E-state index contributed by atoms with van der Waals surface area (Å²) >= 11 is 0. The van der Waals surface area contributed by atoms with E-state index >= 15 is 0 Å². The van der Waals surface area contributed by atoms with Crippen molar-refractivity contribution in [3.05, 3.63) is 60.4 Å². The molecule has 2 aromatic rings. The van der Waals surface area contributed by atoms with Crippen LogP contribution in [0.5, 0.6) is 0 Å². The number of phosphoric ester groups is 1. The second-order valence-corrected chi connectivity index (χ2v) is 13.3. The quantitative estimate of drug-likeness (QED) is 0.0602. The lowest BCUT2D eigenvalue weighted by Crippen LogP contribution is -2.36. The van der Waals surface area contributed by atoms with E-state index in [4.69, 9.17) is 18.5 Å². The van der Waals surface area contributed by atoms with E-state index in [9.17, 15) is 9.79 Å². The number of unbranched alkanes of at least 4 members (excludes halogenated alkanes) is 13. The van der Waals surface area contributed by atoms with Crippen molar-refractivity contribution in [1.29, 1.82) is 0 Å². The van der Waals surface area contributed by atoms with E-state index in [-0.39, 0.29) is 19.8 Å². The highest BCUT2D eigenvalue weighted by atomic mass is 31.2. The third-order valence-corrected chi connectivity index (χ3v) is 8.67. The minimum absolute atomic E-state index is 0.0504. The van der Waals surface area contributed by atoms with Crippen LogP contribution in [0.4, 0.5) is 5.69 Å². The van der Waals surface area contributed by atoms with Gasteiger partial charge in [-0.25, -0.2) is 4.57 Å². The van der Waals surface area contributed by atoms with Crippen LogP contribution in [0, 0.1) is 0 Å². The fraction of sp³-hybridized carbons (Fsp3) is 0.686. The molecule has 1 N–H and O–H groups in total. The van der Waals surface area contributed by atoms with Crippen LogP contribution >= 0.6 is 8.17 Å². The van der Waals surface area contributed by atoms with E-state index in [1.165, 1.54) is 77.0 Å². The van der Waals surface area contributed by atoms with Gasteiger partial charge in [0.15, 0.2) is 25.5 Å². The van der Waals surface area contributed by atoms with Gasteiger partial charge in [0, 0.05) is 38.5 Å². The Labute approximate surface area is 268 Å². The molecule has 2 atom stereocenters. The maximum Gasteiger partial charge on any atom is 0.377 e. The highest BCUT2D eigenvalue weighted by molar-refractivity contribution is 7.52. The number of ether oxygens (including phenoxy) is 2. The molecule has 250 valence electrons. The molecule has 0 fully saturated rings. The molecule has 0 saturated carbocycles. The molecule has 1 aromatic carbocycles. The second kappa shape index (κ2) is 24.6. The highest BCUT2D eigenvalue weighted by Gasteiger charge is 2.30. The number of nitrogens with zero attached hydrogens (tertiary/aromatic N) is 2. The first-order valence-corrected chi connectivity index (χ1v) is 18.4. The number of hydrogen-bond donors (Lipinski definition) is 1. The number of pyridine rings is 1. The summed E-state index contributed by atoms with van der Waals surface area (Å²) in [5.41, 5.74) is 2.14. The summed E-state index contributed by atoms with van der Waals surface area (Å²) in [6.45, 7) is 3.95. The average molecular weight is 636 g/mol. The summed E-state index contributed by atoms with van der Waals surface area (Å²) < 4.78 is 24.4. The van der Waals surface area contributed by atoms with Crippen LogP contribution in [0.3, 0.4) is 0 Å². The van der Waals surface area contributed by atoms with Crippen molar-refractivity contribution in [3.63, 3.8) is 0 Å². The number of anilines is 1. The lowest BCUT2D eigenvalue weighted by Gasteiger charge is -2.23. The zero-order valence-electron chi connectivity index (χ0n) is 27.7. The Kier molecular flexibility index (Phi) is 21.5. The molecule has 0 amide bonds. The summed E-state index contributed by atoms with van der Waals surface area (Å²) in [6, 6.07) is 13.9. The topological polar surface area (TPSA) is 87.3 Å². The molecular weight excluding hydrogens is 575 g/mol. The Morgan fingerprint density at radius 3 is 1.89 bits per heavy atom. The molecule has 1 heterocycles. The standard InChI is InChI=1S/C35H59N2O6P/c1-4-5-6-7-8-9-10-11-12-13-14-15-16-20-28-41-35(31-40-30-33-21-18-17-19-22-33)32-43-44(38,39)42-29-27-37-25-23-34(24-26-37)36(2)3/h17-19,21-26,35H,4-16,20,27-32H2,1-3H3/p+1/t35-/m1/s1. The van der Waals surface area contributed by atoms with E-state index in [1.54, 1.807) is 0 Å². The van der Waals surface area contributed by atoms with Crippen LogP contribution in [-0.2, 0) is 31.7 Å². The van der Waals surface area contributed by atoms with Gasteiger partial charge >= 0.3 is 8.17 Å². The molecule has 0 aliphatic carbocycles. The minimum atomic E-state index is -4.23. The Morgan fingerprint density at radius 2 is 1.32 bits per heavy atom. The molecule has 0 bridgehead atoms. The third-order valence-electron chi connectivity index (χ3n) is 7.68. The molecule has 1 aromatic heterocycles. The molecule has 0 radical (unpaired) electrons. The largest absolute Gasteiger partial charge is 0.606 e. The predicted octanol–water partition coefficient (Wildman–Crippen LogP) is 7.19. The van der Waals surface area contributed by atoms with E-state index in [0.717, 1.165) is 24.1 Å². The van der Waals surface area contributed by atoms with E-state index in [0.29, 0.717) is 19.8 Å². The van der Waals surface area contributed by atoms with E-state index < -0.39 is 14.3 Å². The molecule has 44 heavy (non-hydrogen) atoms. The third kappa shape index (κ3) is 19.7. The number of rotatable bonds is 28. The van der Waals surface area contributed by atoms with Crippen molar-refractivity contribution in [2.75, 3.05) is 45.4 Å². The smallest absolute Gasteiger partial charge is 0.377 e. The minimum Gasteiger partial charge on any atom is -0.606 e. The number of phosphoric acid groups is 1. The zero-order chi connectivity index (χ0) is 31.7. The summed E-state index contributed by atoms with van der Waals surface area (Å²) in [5, 5.41) is 0. The Bertz CT molecular complexity index is 933. The van der Waals surface area contributed by atoms with Crippen LogP contribution in [0.15, 0.2) is 54.9 Å². The Balaban J connectivity index is 1.62. The lowest BCUT2D eigenvalue weighted by molar-refractivity contribution is -0.697. The maximum atomic E-state index is 12.6. The van der Waals surface area contributed by atoms with Crippen molar-refractivity contribution in [1.82, 2.24) is 0 Å². The molecule has 1 unspecified atom stereocenters. The van der Waals surface area contributed by atoms with Crippen LogP contribution in [0.25, 0.3) is 0 Å². The predicted molar refractivity (Wildman–Crippen MR) is 178 cm³/mol. The van der Waals surface area contributed by atoms with Gasteiger partial charge in [-0.15, -0.1) is 0 Å². The molecule has 0 aliphatic heterocycles. The first kappa shape index (κ1) is 38.5. The summed E-state index contributed by atoms with van der Waals surface area (Å²) in [7, 11) is -0.275. The summed E-state index contributed by atoms with van der Waals surface area (Å²) in [6.07, 6.45) is 21.6. The van der Waals surface area contributed by atoms with Crippen molar-refractivity contribution in [2.24, 2.45) is 0 Å². The summed E-state index contributed by atoms with van der Waals surface area (Å²) in [5.74, 6) is 0. The fourth-order valence-electron chi connectivity index (χ4n) is 4.95. The maximum absolute atomic E-state index is 12.6. The molecule has 2 rings (SSSR count). The van der Waals surface area contributed by atoms with Gasteiger partial charge in [0.05, 0.1) is 13.2 Å². The first-order valence-electron chi connectivity index (χ1n) is 16.9. The van der Waals surface area contributed by atoms with Crippen LogP contribution in [0.1, 0.15) is 102 Å². The molecular formula is C35H60N2O6P+. The van der Waals surface area contributed by atoms with Gasteiger partial charge in [-0.1, -0.05) is 121 Å². The molecule has 0 aliphatic rings. The molecule has 0 spiro atoms. The monoisotopic (exact) mass is 635 g/mol. The Morgan fingerprint density at radius 1 is 0.750 bits per heavy atom. The summed E-state index contributed by atoms with van der Waals surface area (Å²) in [4.78, 5) is 24.8. The van der Waals surface area contributed by atoms with Crippen molar-refractivity contribution < 1.29 is 32.9 Å². The van der Waals surface area contributed by atoms with Gasteiger partial charge in [0.1, 0.15) is 12.7 Å². The van der Waals surface area contributed by atoms with Gasteiger partial charge < -0.3 is 19.3 Å². The van der Waals surface area contributed by atoms with Gasteiger partial charge in [-0.3, -0.25) is 0 Å². The van der Waals surface area contributed by atoms with Crippen LogP contribution in [-0.4, -0.2) is 51.5 Å². The van der Waals surface area contributed by atoms with Gasteiger partial charge in [-0.05, 0) is 12.0 Å². The van der Waals surface area contributed by atoms with Crippen molar-refractivity contribution in [3.8, 4) is 0 Å². The number of hydrogen-bond acceptors (Lipinski definition) is 7. The number of aromatic nitrogens is 1. The second-order valence-electron chi connectivity index (χ2n) is 11.9. The van der Waals surface area contributed by atoms with Crippen molar-refractivity contribution in [2.45, 2.75) is 116 Å². The van der Waals surface area contributed by atoms with Crippen LogP contribution in [0.2, 0.25) is 0 Å². The van der Waals surface area contributed by atoms with Crippen molar-refractivity contribution >= 4 is 13.9 Å². The van der Waals surface area contributed by atoms with Gasteiger partial charge in [0.2, 0.25) is 0 Å². The average Bonchev–Trinajstić information content (AvgIpc) is 3.02. The molecule has 9 heteroatoms. The lowest BCUT2D eigenvalue weighted by atomic mass is 10.0. The van der Waals surface area contributed by atoms with E-state index in [2.05, 4.69) is 6.92 Å². The van der Waals surface area contributed by atoms with Gasteiger partial charge in [-0.2, -0.15) is 13.9 Å². The first-order chi connectivity index (χ1) is 21.4. The normalized spacial score (nSPS) is 13.6. The van der Waals surface area contributed by atoms with E-state index in [1.807, 2.05) is 78.4 Å².